The van der Waals surface area contributed by atoms with Crippen LogP contribution in [0, 0.1) is 22.7 Å². The first-order chi connectivity index (χ1) is 10.7. The first kappa shape index (κ1) is 15.6. The van der Waals surface area contributed by atoms with Crippen molar-refractivity contribution in [3.63, 3.8) is 0 Å². The van der Waals surface area contributed by atoms with Crippen LogP contribution in [-0.4, -0.2) is 11.7 Å². The van der Waals surface area contributed by atoms with Gasteiger partial charge in [0.1, 0.15) is 6.07 Å². The van der Waals surface area contributed by atoms with Crippen LogP contribution in [0.5, 0.6) is 0 Å². The maximum absolute atomic E-state index is 11.9. The number of hydrogen-bond acceptors (Lipinski definition) is 4. The number of hydrogen-bond donors (Lipinski definition) is 1. The van der Waals surface area contributed by atoms with E-state index in [1.54, 1.807) is 36.4 Å². The maximum atomic E-state index is 11.9. The summed E-state index contributed by atoms with van der Waals surface area (Å²) in [5.41, 5.74) is 2.68. The Kier molecular flexibility index (Phi) is 5.59. The largest absolute Gasteiger partial charge is 0.324 e. The van der Waals surface area contributed by atoms with Crippen molar-refractivity contribution in [1.29, 1.82) is 10.5 Å². The van der Waals surface area contributed by atoms with E-state index in [-0.39, 0.29) is 5.91 Å². The molecule has 0 unspecified atom stereocenters. The second-order valence-electron chi connectivity index (χ2n) is 4.51. The molecule has 0 aliphatic heterocycles. The molecule has 0 spiro atoms. The molecule has 0 heterocycles. The number of rotatable bonds is 5. The van der Waals surface area contributed by atoms with Crippen molar-refractivity contribution in [3.8, 4) is 12.1 Å². The lowest BCUT2D eigenvalue weighted by Gasteiger charge is -2.06. The summed E-state index contributed by atoms with van der Waals surface area (Å²) in [4.78, 5) is 11.9. The summed E-state index contributed by atoms with van der Waals surface area (Å²) in [6, 6.07) is 18.3. The van der Waals surface area contributed by atoms with Crippen molar-refractivity contribution in [1.82, 2.24) is 0 Å². The fourth-order valence-corrected chi connectivity index (χ4v) is 2.60. The van der Waals surface area contributed by atoms with Crippen molar-refractivity contribution in [2.75, 3.05) is 11.1 Å². The van der Waals surface area contributed by atoms with Gasteiger partial charge in [-0.25, -0.2) is 0 Å². The van der Waals surface area contributed by atoms with E-state index in [0.717, 1.165) is 5.56 Å². The highest BCUT2D eigenvalue weighted by Crippen LogP contribution is 2.16. The number of para-hydroxylation sites is 1. The van der Waals surface area contributed by atoms with Crippen LogP contribution in [0.3, 0.4) is 0 Å². The van der Waals surface area contributed by atoms with Crippen LogP contribution in [0.1, 0.15) is 16.7 Å². The third-order valence-electron chi connectivity index (χ3n) is 2.91. The van der Waals surface area contributed by atoms with Gasteiger partial charge in [-0.05, 0) is 29.8 Å². The number of anilines is 1. The molecule has 0 aliphatic rings. The zero-order valence-electron chi connectivity index (χ0n) is 11.7. The fraction of sp³-hybridized carbons (Fsp3) is 0.118. The molecule has 2 aromatic rings. The van der Waals surface area contributed by atoms with Crippen molar-refractivity contribution >= 4 is 23.4 Å². The highest BCUT2D eigenvalue weighted by molar-refractivity contribution is 7.99. The van der Waals surface area contributed by atoms with Crippen LogP contribution < -0.4 is 5.32 Å². The minimum Gasteiger partial charge on any atom is -0.324 e. The summed E-state index contributed by atoms with van der Waals surface area (Å²) in [5.74, 6) is 0.861. The first-order valence-corrected chi connectivity index (χ1v) is 7.74. The Balaban J connectivity index is 1.83. The van der Waals surface area contributed by atoms with E-state index in [0.29, 0.717) is 28.3 Å². The zero-order valence-corrected chi connectivity index (χ0v) is 12.6. The molecule has 0 saturated heterocycles. The summed E-state index contributed by atoms with van der Waals surface area (Å²) in [6.07, 6.45) is 0. The molecule has 0 aliphatic carbocycles. The number of amides is 1. The number of nitriles is 2. The second kappa shape index (κ2) is 7.87. The van der Waals surface area contributed by atoms with E-state index in [4.69, 9.17) is 10.5 Å². The number of benzene rings is 2. The number of carbonyl (C=O) groups is 1. The Morgan fingerprint density at radius 1 is 1.05 bits per heavy atom. The number of thioether (sulfide) groups is 1. The van der Waals surface area contributed by atoms with Crippen LogP contribution in [0.15, 0.2) is 48.5 Å². The second-order valence-corrected chi connectivity index (χ2v) is 5.49. The normalized spacial score (nSPS) is 9.55. The molecule has 5 heteroatoms. The average molecular weight is 307 g/mol. The van der Waals surface area contributed by atoms with Gasteiger partial charge in [-0.3, -0.25) is 4.79 Å². The van der Waals surface area contributed by atoms with Gasteiger partial charge in [0.15, 0.2) is 0 Å². The first-order valence-electron chi connectivity index (χ1n) is 6.58. The zero-order chi connectivity index (χ0) is 15.8. The van der Waals surface area contributed by atoms with E-state index in [2.05, 4.69) is 11.4 Å². The maximum Gasteiger partial charge on any atom is 0.234 e. The highest BCUT2D eigenvalue weighted by Gasteiger charge is 2.06. The average Bonchev–Trinajstić information content (AvgIpc) is 2.56. The van der Waals surface area contributed by atoms with Crippen molar-refractivity contribution < 1.29 is 4.79 Å². The summed E-state index contributed by atoms with van der Waals surface area (Å²) >= 11 is 1.48. The molecule has 2 rings (SSSR count). The summed E-state index contributed by atoms with van der Waals surface area (Å²) in [6.45, 7) is 0. The van der Waals surface area contributed by atoms with Crippen LogP contribution in [0.4, 0.5) is 5.69 Å². The van der Waals surface area contributed by atoms with E-state index in [1.807, 2.05) is 18.2 Å². The molecule has 0 atom stereocenters. The van der Waals surface area contributed by atoms with Gasteiger partial charge in [-0.15, -0.1) is 11.8 Å². The van der Waals surface area contributed by atoms with Gasteiger partial charge >= 0.3 is 0 Å². The Labute approximate surface area is 133 Å². The van der Waals surface area contributed by atoms with Crippen LogP contribution in [0.2, 0.25) is 0 Å². The molecule has 0 radical (unpaired) electrons. The number of nitrogens with one attached hydrogen (secondary N) is 1. The number of carbonyl (C=O) groups excluding carboxylic acids is 1. The molecule has 0 saturated carbocycles. The van der Waals surface area contributed by atoms with Gasteiger partial charge in [-0.2, -0.15) is 10.5 Å². The van der Waals surface area contributed by atoms with E-state index in [9.17, 15) is 4.79 Å². The number of nitrogens with zero attached hydrogens (tertiary/aromatic N) is 2. The van der Waals surface area contributed by atoms with Crippen molar-refractivity contribution in [2.24, 2.45) is 0 Å². The molecule has 108 valence electrons. The van der Waals surface area contributed by atoms with Crippen LogP contribution in [0.25, 0.3) is 0 Å². The van der Waals surface area contributed by atoms with Crippen LogP contribution in [-0.2, 0) is 10.5 Å². The fourth-order valence-electron chi connectivity index (χ4n) is 1.81. The molecular weight excluding hydrogens is 294 g/mol. The molecule has 4 nitrogen and oxygen atoms in total. The minimum absolute atomic E-state index is 0.138. The summed E-state index contributed by atoms with van der Waals surface area (Å²) in [7, 11) is 0. The van der Waals surface area contributed by atoms with E-state index >= 15 is 0 Å². The van der Waals surface area contributed by atoms with Crippen molar-refractivity contribution in [3.05, 3.63) is 65.2 Å². The van der Waals surface area contributed by atoms with Crippen LogP contribution >= 0.6 is 11.8 Å². The summed E-state index contributed by atoms with van der Waals surface area (Å²) in [5, 5.41) is 20.4. The van der Waals surface area contributed by atoms with Gasteiger partial charge in [0.2, 0.25) is 5.91 Å². The SMILES string of the molecule is N#Cc1ccc(CSCC(=O)Nc2ccccc2C#N)cc1. The quantitative estimate of drug-likeness (QED) is 0.919. The van der Waals surface area contributed by atoms with E-state index < -0.39 is 0 Å². The topological polar surface area (TPSA) is 76.7 Å². The minimum atomic E-state index is -0.138. The molecule has 0 bridgehead atoms. The Morgan fingerprint density at radius 3 is 2.45 bits per heavy atom. The van der Waals surface area contributed by atoms with Crippen molar-refractivity contribution in [2.45, 2.75) is 5.75 Å². The van der Waals surface area contributed by atoms with Gasteiger partial charge in [0, 0.05) is 5.75 Å². The lowest BCUT2D eigenvalue weighted by atomic mass is 10.2. The van der Waals surface area contributed by atoms with Gasteiger partial charge in [0.05, 0.1) is 28.6 Å². The Hall–Kier alpha value is -2.76. The Bertz CT molecular complexity index is 742. The smallest absolute Gasteiger partial charge is 0.234 e. The standard InChI is InChI=1S/C17H13N3OS/c18-9-13-5-7-14(8-6-13)11-22-12-17(21)20-16-4-2-1-3-15(16)10-19/h1-8H,11-12H2,(H,20,21). The third kappa shape index (κ3) is 4.37. The predicted octanol–water partition coefficient (Wildman–Crippen LogP) is 3.30. The molecule has 2 aromatic carbocycles. The molecule has 22 heavy (non-hydrogen) atoms. The third-order valence-corrected chi connectivity index (χ3v) is 3.91. The monoisotopic (exact) mass is 307 g/mol. The molecule has 0 aromatic heterocycles. The van der Waals surface area contributed by atoms with Gasteiger partial charge in [-0.1, -0.05) is 24.3 Å². The molecule has 0 fully saturated rings. The van der Waals surface area contributed by atoms with Gasteiger partial charge in [0.25, 0.3) is 0 Å². The molecule has 1 N–H and O–H groups in total. The van der Waals surface area contributed by atoms with Gasteiger partial charge < -0.3 is 5.32 Å². The summed E-state index contributed by atoms with van der Waals surface area (Å²) < 4.78 is 0. The molecular formula is C17H13N3OS. The highest BCUT2D eigenvalue weighted by atomic mass is 32.2. The Morgan fingerprint density at radius 2 is 1.77 bits per heavy atom. The molecule has 1 amide bonds. The lowest BCUT2D eigenvalue weighted by molar-refractivity contribution is -0.113. The lowest BCUT2D eigenvalue weighted by Crippen LogP contribution is -2.15. The predicted molar refractivity (Wildman–Crippen MR) is 87.1 cm³/mol. The van der Waals surface area contributed by atoms with E-state index in [1.165, 1.54) is 11.8 Å².